The number of nitriles is 1. The van der Waals surface area contributed by atoms with Gasteiger partial charge in [-0.25, -0.2) is 8.42 Å². The summed E-state index contributed by atoms with van der Waals surface area (Å²) in [5.41, 5.74) is 2.23. The van der Waals surface area contributed by atoms with Gasteiger partial charge in [-0.2, -0.15) is 9.57 Å². The Kier molecular flexibility index (Phi) is 6.29. The lowest BCUT2D eigenvalue weighted by atomic mass is 9.95. The summed E-state index contributed by atoms with van der Waals surface area (Å²) in [7, 11) is -3.64. The Bertz CT molecular complexity index is 1150. The third-order valence-corrected chi connectivity index (χ3v) is 7.94. The van der Waals surface area contributed by atoms with Crippen LogP contribution in [0, 0.1) is 17.2 Å². The highest BCUT2D eigenvalue weighted by Crippen LogP contribution is 2.37. The second-order valence-electron chi connectivity index (χ2n) is 8.68. The van der Waals surface area contributed by atoms with Gasteiger partial charge in [0.05, 0.1) is 17.3 Å². The van der Waals surface area contributed by atoms with Gasteiger partial charge in [-0.15, -0.1) is 0 Å². The molecule has 0 spiro atoms. The average Bonchev–Trinajstić information content (AvgIpc) is 3.12. The van der Waals surface area contributed by atoms with Crippen molar-refractivity contribution in [2.45, 2.75) is 31.1 Å². The highest BCUT2D eigenvalue weighted by molar-refractivity contribution is 7.89. The summed E-state index contributed by atoms with van der Waals surface area (Å²) in [6, 6.07) is 10.2. The quantitative estimate of drug-likeness (QED) is 0.720. The monoisotopic (exact) mass is 453 g/mol. The van der Waals surface area contributed by atoms with Crippen LogP contribution in [0.1, 0.15) is 43.0 Å². The molecule has 2 aliphatic rings. The van der Waals surface area contributed by atoms with Crippen LogP contribution in [-0.2, 0) is 14.8 Å². The number of amides is 1. The first-order chi connectivity index (χ1) is 15.3. The largest absolute Gasteiger partial charge is 0.325 e. The molecule has 3 heterocycles. The van der Waals surface area contributed by atoms with Crippen LogP contribution in [0.3, 0.4) is 0 Å². The van der Waals surface area contributed by atoms with Crippen LogP contribution in [0.2, 0.25) is 0 Å². The molecule has 1 N–H and O–H groups in total. The summed E-state index contributed by atoms with van der Waals surface area (Å²) in [5, 5.41) is 12.0. The minimum atomic E-state index is -3.64. The molecule has 1 aromatic carbocycles. The van der Waals surface area contributed by atoms with E-state index < -0.39 is 15.9 Å². The number of piperazine rings is 1. The zero-order valence-corrected chi connectivity index (χ0v) is 19.1. The molecule has 9 heteroatoms. The van der Waals surface area contributed by atoms with Gasteiger partial charge >= 0.3 is 0 Å². The Balaban J connectivity index is 1.49. The highest BCUT2D eigenvalue weighted by Gasteiger charge is 2.34. The maximum Gasteiger partial charge on any atom is 0.244 e. The Labute approximate surface area is 188 Å². The normalized spacial score (nSPS) is 19.6. The van der Waals surface area contributed by atoms with Gasteiger partial charge < -0.3 is 10.2 Å². The van der Waals surface area contributed by atoms with Gasteiger partial charge in [0.25, 0.3) is 0 Å². The van der Waals surface area contributed by atoms with Crippen LogP contribution in [0.25, 0.3) is 0 Å². The van der Waals surface area contributed by atoms with Gasteiger partial charge in [0, 0.05) is 38.1 Å². The number of hydrogen-bond donors (Lipinski definition) is 1. The van der Waals surface area contributed by atoms with Crippen molar-refractivity contribution >= 4 is 21.6 Å². The number of aromatic nitrogens is 1. The second kappa shape index (κ2) is 8.98. The van der Waals surface area contributed by atoms with E-state index in [2.05, 4.69) is 35.1 Å². The number of pyridine rings is 1. The second-order valence-corrected chi connectivity index (χ2v) is 10.6. The summed E-state index contributed by atoms with van der Waals surface area (Å²) in [5.74, 6) is -0.281. The highest BCUT2D eigenvalue weighted by atomic mass is 32.2. The predicted molar refractivity (Wildman–Crippen MR) is 121 cm³/mol. The molecular formula is C23H27N5O3S. The van der Waals surface area contributed by atoms with Crippen molar-refractivity contribution in [1.29, 1.82) is 5.26 Å². The molecule has 4 rings (SSSR count). The zero-order chi connectivity index (χ0) is 22.9. The number of nitrogens with one attached hydrogen (secondary N) is 1. The van der Waals surface area contributed by atoms with Crippen molar-refractivity contribution in [3.8, 4) is 6.07 Å². The molecule has 168 valence electrons. The number of carbonyl (C=O) groups excluding carboxylic acids is 1. The lowest BCUT2D eigenvalue weighted by molar-refractivity contribution is -0.116. The van der Waals surface area contributed by atoms with E-state index in [9.17, 15) is 13.2 Å². The van der Waals surface area contributed by atoms with Crippen molar-refractivity contribution in [3.63, 3.8) is 0 Å². The van der Waals surface area contributed by atoms with Gasteiger partial charge in [0.2, 0.25) is 15.9 Å². The molecule has 1 atom stereocenters. The summed E-state index contributed by atoms with van der Waals surface area (Å²) >= 11 is 0. The van der Waals surface area contributed by atoms with Crippen LogP contribution >= 0.6 is 0 Å². The number of hydrogen-bond acceptors (Lipinski definition) is 6. The number of carbonyl (C=O) groups is 1. The van der Waals surface area contributed by atoms with Gasteiger partial charge in [0.1, 0.15) is 10.8 Å². The molecule has 32 heavy (non-hydrogen) atoms. The van der Waals surface area contributed by atoms with Crippen molar-refractivity contribution in [2.24, 2.45) is 5.92 Å². The van der Waals surface area contributed by atoms with Crippen LogP contribution in [0.4, 0.5) is 5.69 Å². The van der Waals surface area contributed by atoms with Crippen molar-refractivity contribution < 1.29 is 13.2 Å². The fourth-order valence-electron chi connectivity index (χ4n) is 4.12. The molecule has 0 radical (unpaired) electrons. The van der Waals surface area contributed by atoms with E-state index >= 15 is 0 Å². The molecule has 1 saturated heterocycles. The lowest BCUT2D eigenvalue weighted by Gasteiger charge is -2.34. The smallest absolute Gasteiger partial charge is 0.244 e. The summed E-state index contributed by atoms with van der Waals surface area (Å²) < 4.78 is 27.7. The summed E-state index contributed by atoms with van der Waals surface area (Å²) in [6.07, 6.45) is 2.43. The molecule has 0 bridgehead atoms. The molecule has 8 nitrogen and oxygen atoms in total. The number of benzene rings is 1. The fourth-order valence-corrected chi connectivity index (χ4v) is 5.49. The molecule has 0 saturated carbocycles. The fraction of sp³-hybridized carbons (Fsp3) is 0.435. The maximum absolute atomic E-state index is 13.1. The number of rotatable bonds is 6. The van der Waals surface area contributed by atoms with Crippen molar-refractivity contribution in [2.75, 3.05) is 38.0 Å². The van der Waals surface area contributed by atoms with Gasteiger partial charge in [-0.1, -0.05) is 13.8 Å². The van der Waals surface area contributed by atoms with Crippen LogP contribution in [-0.4, -0.2) is 61.2 Å². The van der Waals surface area contributed by atoms with Crippen molar-refractivity contribution in [3.05, 3.63) is 53.3 Å². The van der Waals surface area contributed by atoms with Gasteiger partial charge in [-0.05, 0) is 54.8 Å². The lowest BCUT2D eigenvalue weighted by Crippen LogP contribution is -2.48. The van der Waals surface area contributed by atoms with E-state index in [-0.39, 0.29) is 10.8 Å². The summed E-state index contributed by atoms with van der Waals surface area (Å²) in [4.78, 5) is 19.3. The topological polar surface area (TPSA) is 106 Å². The standard InChI is InChI=1S/C23H27N5O3S/c1-16(2)7-8-27-9-11-28(12-10-27)32(30,31)18-4-6-21(25-15-18)22-19-13-17(14-24)3-5-20(19)26-23(22)29/h3-6,13,15-16,22H,7-12H2,1-2H3,(H,26,29). The third kappa shape index (κ3) is 4.39. The van der Waals surface area contributed by atoms with E-state index in [1.807, 2.05) is 0 Å². The minimum absolute atomic E-state index is 0.126. The van der Waals surface area contributed by atoms with Crippen LogP contribution in [0.15, 0.2) is 41.4 Å². The van der Waals surface area contributed by atoms with E-state index in [1.165, 1.54) is 16.6 Å². The van der Waals surface area contributed by atoms with E-state index in [4.69, 9.17) is 5.26 Å². The van der Waals surface area contributed by atoms with Gasteiger partial charge in [0.15, 0.2) is 0 Å². The molecule has 1 unspecified atom stereocenters. The predicted octanol–water partition coefficient (Wildman–Crippen LogP) is 2.39. The van der Waals surface area contributed by atoms with Crippen LogP contribution < -0.4 is 5.32 Å². The van der Waals surface area contributed by atoms with Crippen molar-refractivity contribution in [1.82, 2.24) is 14.2 Å². The molecule has 2 aromatic rings. The SMILES string of the molecule is CC(C)CCN1CCN(S(=O)(=O)c2ccc(C3C(=O)Nc4ccc(C#N)cc43)nc2)CC1. The first kappa shape index (κ1) is 22.4. The Morgan fingerprint density at radius 1 is 1.19 bits per heavy atom. The number of anilines is 1. The first-order valence-electron chi connectivity index (χ1n) is 10.8. The molecule has 1 amide bonds. The number of nitrogens with zero attached hydrogens (tertiary/aromatic N) is 4. The van der Waals surface area contributed by atoms with Gasteiger partial charge in [-0.3, -0.25) is 9.78 Å². The van der Waals surface area contributed by atoms with E-state index in [1.54, 1.807) is 24.3 Å². The molecular weight excluding hydrogens is 426 g/mol. The van der Waals surface area contributed by atoms with E-state index in [0.29, 0.717) is 41.5 Å². The third-order valence-electron chi connectivity index (χ3n) is 6.06. The zero-order valence-electron chi connectivity index (χ0n) is 18.3. The minimum Gasteiger partial charge on any atom is -0.325 e. The van der Waals surface area contributed by atoms with E-state index in [0.717, 1.165) is 26.1 Å². The Morgan fingerprint density at radius 2 is 1.94 bits per heavy atom. The molecule has 1 fully saturated rings. The molecule has 0 aliphatic carbocycles. The van der Waals surface area contributed by atoms with Crippen LogP contribution in [0.5, 0.6) is 0 Å². The number of sulfonamides is 1. The maximum atomic E-state index is 13.1. The average molecular weight is 454 g/mol. The number of fused-ring (bicyclic) bond motifs is 1. The molecule has 1 aromatic heterocycles. The Morgan fingerprint density at radius 3 is 2.56 bits per heavy atom. The summed E-state index contributed by atoms with van der Waals surface area (Å²) in [6.45, 7) is 7.71. The Hall–Kier alpha value is -2.80. The molecule has 2 aliphatic heterocycles. The first-order valence-corrected chi connectivity index (χ1v) is 12.3.